The highest BCUT2D eigenvalue weighted by Gasteiger charge is 2.42. The van der Waals surface area contributed by atoms with Gasteiger partial charge in [-0.05, 0) is 12.0 Å². The molecule has 2 fully saturated rings. The van der Waals surface area contributed by atoms with Gasteiger partial charge >= 0.3 is 0 Å². The molecule has 26 heavy (non-hydrogen) atoms. The maximum atomic E-state index is 12.6. The van der Waals surface area contributed by atoms with Gasteiger partial charge in [-0.3, -0.25) is 9.59 Å². The molecule has 8 heteroatoms. The maximum Gasteiger partial charge on any atom is 0.274 e. The zero-order chi connectivity index (χ0) is 18.3. The van der Waals surface area contributed by atoms with E-state index in [1.165, 1.54) is 12.1 Å². The fraction of sp³-hybridized carbons (Fsp3) is 0.500. The largest absolute Gasteiger partial charge is 0.356 e. The molecule has 2 unspecified atom stereocenters. The minimum Gasteiger partial charge on any atom is -0.356 e. The van der Waals surface area contributed by atoms with Crippen LogP contribution in [0.4, 0.5) is 5.82 Å². The molecule has 2 aromatic heterocycles. The second-order valence-electron chi connectivity index (χ2n) is 7.40. The Morgan fingerprint density at radius 2 is 1.88 bits per heavy atom. The predicted molar refractivity (Wildman–Crippen MR) is 96.1 cm³/mol. The molecule has 1 N–H and O–H groups in total. The van der Waals surface area contributed by atoms with E-state index in [2.05, 4.69) is 45.0 Å². The maximum absolute atomic E-state index is 12.6. The molecule has 2 aliphatic heterocycles. The second kappa shape index (κ2) is 6.51. The third-order valence-electron chi connectivity index (χ3n) is 5.26. The predicted octanol–water partition coefficient (Wildman–Crippen LogP) is 0.892. The average molecular weight is 354 g/mol. The van der Waals surface area contributed by atoms with E-state index in [0.717, 1.165) is 24.6 Å². The van der Waals surface area contributed by atoms with Crippen LogP contribution in [0.5, 0.6) is 0 Å². The molecule has 0 aromatic carbocycles. The van der Waals surface area contributed by atoms with E-state index < -0.39 is 0 Å². The molecule has 0 aliphatic carbocycles. The van der Waals surface area contributed by atoms with E-state index in [4.69, 9.17) is 0 Å². The first-order chi connectivity index (χ1) is 12.5. The number of rotatable bonds is 3. The van der Waals surface area contributed by atoms with E-state index in [9.17, 15) is 9.59 Å². The van der Waals surface area contributed by atoms with Gasteiger partial charge in [-0.15, -0.1) is 0 Å². The monoisotopic (exact) mass is 354 g/mol. The number of hydrogen-bond acceptors (Lipinski definition) is 6. The molecule has 0 saturated carbocycles. The first kappa shape index (κ1) is 16.7. The smallest absolute Gasteiger partial charge is 0.274 e. The number of carbonyl (C=O) groups is 1. The Hall–Kier alpha value is -2.77. The molecular formula is C18H22N6O2. The Morgan fingerprint density at radius 1 is 1.15 bits per heavy atom. The Labute approximate surface area is 151 Å². The summed E-state index contributed by atoms with van der Waals surface area (Å²) < 4.78 is 0. The molecule has 4 heterocycles. The van der Waals surface area contributed by atoms with Gasteiger partial charge in [0.1, 0.15) is 17.8 Å². The molecule has 136 valence electrons. The van der Waals surface area contributed by atoms with Gasteiger partial charge in [0.25, 0.3) is 11.5 Å². The first-order valence-electron chi connectivity index (χ1n) is 8.93. The lowest BCUT2D eigenvalue weighted by Gasteiger charge is -2.22. The van der Waals surface area contributed by atoms with Crippen LogP contribution in [0.1, 0.15) is 35.9 Å². The summed E-state index contributed by atoms with van der Waals surface area (Å²) in [5, 5.41) is 6.17. The van der Waals surface area contributed by atoms with Crippen LogP contribution in [0, 0.1) is 11.8 Å². The average Bonchev–Trinajstić information content (AvgIpc) is 3.21. The summed E-state index contributed by atoms with van der Waals surface area (Å²) in [5.74, 6) is 2.08. The van der Waals surface area contributed by atoms with Gasteiger partial charge in [0, 0.05) is 55.8 Å². The summed E-state index contributed by atoms with van der Waals surface area (Å²) in [6.07, 6.45) is 1.64. The van der Waals surface area contributed by atoms with Crippen molar-refractivity contribution in [2.45, 2.75) is 19.8 Å². The van der Waals surface area contributed by atoms with Crippen LogP contribution >= 0.6 is 0 Å². The van der Waals surface area contributed by atoms with Crippen LogP contribution in [-0.4, -0.2) is 57.2 Å². The fourth-order valence-corrected chi connectivity index (χ4v) is 3.82. The molecule has 0 bridgehead atoms. The Balaban J connectivity index is 1.42. The van der Waals surface area contributed by atoms with Gasteiger partial charge < -0.3 is 9.80 Å². The van der Waals surface area contributed by atoms with Crippen LogP contribution in [-0.2, 0) is 0 Å². The zero-order valence-corrected chi connectivity index (χ0v) is 14.9. The number of H-pyrrole nitrogens is 1. The standard InChI is InChI=1S/C18H22N6O2/c1-11(2)15-5-16(20-10-19-15)23-6-12-8-24(9-13(12)7-23)18(26)14-3-4-17(25)22-21-14/h3-5,10-13H,6-9H2,1-2H3,(H,22,25). The van der Waals surface area contributed by atoms with Crippen LogP contribution < -0.4 is 10.5 Å². The van der Waals surface area contributed by atoms with Gasteiger partial charge in [0.15, 0.2) is 0 Å². The van der Waals surface area contributed by atoms with Crippen molar-refractivity contribution in [1.29, 1.82) is 0 Å². The van der Waals surface area contributed by atoms with Crippen molar-refractivity contribution in [2.75, 3.05) is 31.1 Å². The highest BCUT2D eigenvalue weighted by atomic mass is 16.2. The van der Waals surface area contributed by atoms with E-state index >= 15 is 0 Å². The number of fused-ring (bicyclic) bond motifs is 1. The number of hydrogen-bond donors (Lipinski definition) is 1. The highest BCUT2D eigenvalue weighted by molar-refractivity contribution is 5.92. The Kier molecular flexibility index (Phi) is 4.18. The van der Waals surface area contributed by atoms with Gasteiger partial charge in [0.05, 0.1) is 0 Å². The Morgan fingerprint density at radius 3 is 2.50 bits per heavy atom. The topological polar surface area (TPSA) is 95.1 Å². The van der Waals surface area contributed by atoms with E-state index in [1.54, 1.807) is 6.33 Å². The summed E-state index contributed by atoms with van der Waals surface area (Å²) in [5.41, 5.74) is 1.04. The number of nitrogens with one attached hydrogen (secondary N) is 1. The van der Waals surface area contributed by atoms with Crippen LogP contribution in [0.2, 0.25) is 0 Å². The van der Waals surface area contributed by atoms with Gasteiger partial charge in [-0.1, -0.05) is 13.8 Å². The lowest BCUT2D eigenvalue weighted by Crippen LogP contribution is -2.34. The summed E-state index contributed by atoms with van der Waals surface area (Å²) in [4.78, 5) is 36.6. The highest BCUT2D eigenvalue weighted by Crippen LogP contribution is 2.34. The van der Waals surface area contributed by atoms with Crippen LogP contribution in [0.15, 0.2) is 29.3 Å². The Bertz CT molecular complexity index is 845. The van der Waals surface area contributed by atoms with Crippen molar-refractivity contribution in [1.82, 2.24) is 25.1 Å². The van der Waals surface area contributed by atoms with Crippen molar-refractivity contribution >= 4 is 11.7 Å². The summed E-state index contributed by atoms with van der Waals surface area (Å²) in [7, 11) is 0. The SMILES string of the molecule is CC(C)c1cc(N2CC3CN(C(=O)c4ccc(=O)[nH]n4)CC3C2)ncn1. The third kappa shape index (κ3) is 3.07. The van der Waals surface area contributed by atoms with Crippen LogP contribution in [0.25, 0.3) is 0 Å². The molecule has 8 nitrogen and oxygen atoms in total. The molecule has 0 radical (unpaired) electrons. The number of aromatic nitrogens is 4. The lowest BCUT2D eigenvalue weighted by molar-refractivity contribution is 0.0775. The van der Waals surface area contributed by atoms with E-state index in [1.807, 2.05) is 4.90 Å². The number of likely N-dealkylation sites (tertiary alicyclic amines) is 1. The van der Waals surface area contributed by atoms with Crippen molar-refractivity contribution in [3.05, 3.63) is 46.3 Å². The number of nitrogens with zero attached hydrogens (tertiary/aromatic N) is 5. The molecule has 4 rings (SSSR count). The second-order valence-corrected chi connectivity index (χ2v) is 7.40. The number of amides is 1. The molecule has 1 amide bonds. The summed E-state index contributed by atoms with van der Waals surface area (Å²) in [6, 6.07) is 4.88. The minimum absolute atomic E-state index is 0.119. The molecule has 2 aliphatic rings. The molecular weight excluding hydrogens is 332 g/mol. The number of anilines is 1. The number of aromatic amines is 1. The van der Waals surface area contributed by atoms with E-state index in [-0.39, 0.29) is 11.5 Å². The normalized spacial score (nSPS) is 22.1. The number of carbonyl (C=O) groups excluding carboxylic acids is 1. The van der Waals surface area contributed by atoms with Gasteiger partial charge in [0.2, 0.25) is 0 Å². The van der Waals surface area contributed by atoms with Crippen molar-refractivity contribution in [3.8, 4) is 0 Å². The minimum atomic E-state index is -0.305. The first-order valence-corrected chi connectivity index (χ1v) is 8.93. The molecule has 2 aromatic rings. The van der Waals surface area contributed by atoms with Crippen LogP contribution in [0.3, 0.4) is 0 Å². The molecule has 2 saturated heterocycles. The van der Waals surface area contributed by atoms with Crippen molar-refractivity contribution in [2.24, 2.45) is 11.8 Å². The molecule has 0 spiro atoms. The third-order valence-corrected chi connectivity index (χ3v) is 5.26. The van der Waals surface area contributed by atoms with Crippen molar-refractivity contribution in [3.63, 3.8) is 0 Å². The summed E-state index contributed by atoms with van der Waals surface area (Å²) in [6.45, 7) is 7.45. The molecule has 2 atom stereocenters. The lowest BCUT2D eigenvalue weighted by atomic mass is 10.0. The van der Waals surface area contributed by atoms with Gasteiger partial charge in [-0.25, -0.2) is 15.1 Å². The zero-order valence-electron chi connectivity index (χ0n) is 14.9. The van der Waals surface area contributed by atoms with E-state index in [0.29, 0.717) is 36.5 Å². The van der Waals surface area contributed by atoms with Gasteiger partial charge in [-0.2, -0.15) is 5.10 Å². The summed E-state index contributed by atoms with van der Waals surface area (Å²) >= 11 is 0. The van der Waals surface area contributed by atoms with Crippen molar-refractivity contribution < 1.29 is 4.79 Å². The quantitative estimate of drug-likeness (QED) is 0.880. The fourth-order valence-electron chi connectivity index (χ4n) is 3.82.